The Bertz CT molecular complexity index is 374. The molecule has 0 aliphatic heterocycles. The molecule has 0 heterocycles. The van der Waals surface area contributed by atoms with Crippen LogP contribution in [-0.2, 0) is 0 Å². The van der Waals surface area contributed by atoms with Gasteiger partial charge in [-0.15, -0.1) is 0 Å². The number of hydrogen-bond acceptors (Lipinski definition) is 2. The zero-order valence-electron chi connectivity index (χ0n) is 8.53. The van der Waals surface area contributed by atoms with Gasteiger partial charge < -0.3 is 11.5 Å². The van der Waals surface area contributed by atoms with E-state index in [9.17, 15) is 0 Å². The Labute approximate surface area is 105 Å². The molecule has 0 fully saturated rings. The van der Waals surface area contributed by atoms with Gasteiger partial charge in [0, 0.05) is 0 Å². The molecule has 0 unspecified atom stereocenters. The van der Waals surface area contributed by atoms with Crippen LogP contribution in [0.1, 0.15) is 0 Å². The first kappa shape index (κ1) is 11.7. The van der Waals surface area contributed by atoms with Gasteiger partial charge in [0.25, 0.3) is 0 Å². The van der Waals surface area contributed by atoms with Crippen LogP contribution in [0.15, 0.2) is 59.8 Å². The minimum atomic E-state index is -0.879. The third-order valence-electron chi connectivity index (χ3n) is 2.41. The van der Waals surface area contributed by atoms with Crippen LogP contribution in [0.2, 0.25) is 0 Å². The van der Waals surface area contributed by atoms with E-state index in [0.29, 0.717) is 0 Å². The Balaban J connectivity index is 2.28. The summed E-state index contributed by atoms with van der Waals surface area (Å²) in [6.07, 6.45) is 14.5. The second-order valence-electron chi connectivity index (χ2n) is 3.90. The SMILES string of the molecule is NC1(Cl)C=CC(=C2C=CC(N)(Cl)C=C2)C=C1. The Morgan fingerprint density at radius 2 is 0.938 bits per heavy atom. The smallest absolute Gasteiger partial charge is 0.129 e. The van der Waals surface area contributed by atoms with Crippen LogP contribution in [0.4, 0.5) is 0 Å². The normalized spacial score (nSPS) is 37.2. The lowest BCUT2D eigenvalue weighted by atomic mass is 9.97. The predicted molar refractivity (Wildman–Crippen MR) is 69.1 cm³/mol. The Morgan fingerprint density at radius 3 is 1.19 bits per heavy atom. The maximum absolute atomic E-state index is 5.93. The molecule has 16 heavy (non-hydrogen) atoms. The molecule has 0 amide bonds. The van der Waals surface area contributed by atoms with Crippen molar-refractivity contribution in [2.75, 3.05) is 0 Å². The van der Waals surface area contributed by atoms with Crippen LogP contribution in [0.5, 0.6) is 0 Å². The topological polar surface area (TPSA) is 52.0 Å². The van der Waals surface area contributed by atoms with E-state index >= 15 is 0 Å². The summed E-state index contributed by atoms with van der Waals surface area (Å²) < 4.78 is 0. The molecule has 2 aliphatic carbocycles. The van der Waals surface area contributed by atoms with E-state index in [-0.39, 0.29) is 0 Å². The molecule has 2 aliphatic rings. The maximum atomic E-state index is 5.93. The molecule has 0 radical (unpaired) electrons. The summed E-state index contributed by atoms with van der Waals surface area (Å²) >= 11 is 11.9. The molecular weight excluding hydrogens is 243 g/mol. The van der Waals surface area contributed by atoms with E-state index in [4.69, 9.17) is 34.7 Å². The van der Waals surface area contributed by atoms with Gasteiger partial charge in [-0.05, 0) is 35.5 Å². The van der Waals surface area contributed by atoms with Gasteiger partial charge in [-0.3, -0.25) is 0 Å². The standard InChI is InChI=1S/C12H12Cl2N2/c13-11(15)5-1-9(2-6-11)10-3-7-12(14,16)8-4-10/h1-8H,15-16H2. The van der Waals surface area contributed by atoms with Crippen molar-refractivity contribution in [2.45, 2.75) is 10.00 Å². The van der Waals surface area contributed by atoms with Crippen molar-refractivity contribution in [3.63, 3.8) is 0 Å². The van der Waals surface area contributed by atoms with E-state index < -0.39 is 10.00 Å². The Morgan fingerprint density at radius 1 is 0.688 bits per heavy atom. The summed E-state index contributed by atoms with van der Waals surface area (Å²) in [7, 11) is 0. The van der Waals surface area contributed by atoms with Crippen molar-refractivity contribution in [1.29, 1.82) is 0 Å². The Kier molecular flexibility index (Phi) is 2.84. The quantitative estimate of drug-likeness (QED) is 0.515. The first-order chi connectivity index (χ1) is 7.38. The van der Waals surface area contributed by atoms with Crippen molar-refractivity contribution in [2.24, 2.45) is 11.5 Å². The highest BCUT2D eigenvalue weighted by Gasteiger charge is 2.19. The highest BCUT2D eigenvalue weighted by Crippen LogP contribution is 2.26. The summed E-state index contributed by atoms with van der Waals surface area (Å²) in [5, 5.41) is 0. The second-order valence-corrected chi connectivity index (χ2v) is 5.21. The zero-order valence-corrected chi connectivity index (χ0v) is 10.0. The van der Waals surface area contributed by atoms with Crippen LogP contribution in [0, 0.1) is 0 Å². The first-order valence-electron chi connectivity index (χ1n) is 4.85. The lowest BCUT2D eigenvalue weighted by molar-refractivity contribution is 0.912. The van der Waals surface area contributed by atoms with E-state index in [1.807, 2.05) is 24.3 Å². The molecule has 0 aromatic carbocycles. The van der Waals surface area contributed by atoms with E-state index in [1.165, 1.54) is 0 Å². The van der Waals surface area contributed by atoms with Gasteiger partial charge in [-0.2, -0.15) is 0 Å². The fourth-order valence-electron chi connectivity index (χ4n) is 1.48. The molecular formula is C12H12Cl2N2. The van der Waals surface area contributed by atoms with Crippen molar-refractivity contribution in [3.05, 3.63) is 59.8 Å². The molecule has 2 nitrogen and oxygen atoms in total. The molecule has 4 N–H and O–H groups in total. The average Bonchev–Trinajstić information content (AvgIpc) is 2.19. The fraction of sp³-hybridized carbons (Fsp3) is 0.167. The zero-order chi connectivity index (χ0) is 11.8. The third-order valence-corrected chi connectivity index (χ3v) is 2.91. The molecule has 2 rings (SSSR count). The molecule has 0 saturated carbocycles. The van der Waals surface area contributed by atoms with Crippen molar-refractivity contribution in [1.82, 2.24) is 0 Å². The highest BCUT2D eigenvalue weighted by molar-refractivity contribution is 6.26. The molecule has 4 heteroatoms. The van der Waals surface area contributed by atoms with Crippen LogP contribution >= 0.6 is 23.2 Å². The summed E-state index contributed by atoms with van der Waals surface area (Å²) in [6, 6.07) is 0. The van der Waals surface area contributed by atoms with Crippen molar-refractivity contribution in [3.8, 4) is 0 Å². The molecule has 0 saturated heterocycles. The fourth-order valence-corrected chi connectivity index (χ4v) is 1.73. The number of nitrogens with two attached hydrogens (primary N) is 2. The molecule has 84 valence electrons. The number of allylic oxidation sites excluding steroid dienone is 6. The van der Waals surface area contributed by atoms with Gasteiger partial charge in [-0.1, -0.05) is 47.5 Å². The largest absolute Gasteiger partial charge is 0.306 e. The number of alkyl halides is 2. The predicted octanol–water partition coefficient (Wildman–Crippen LogP) is 2.32. The van der Waals surface area contributed by atoms with E-state index in [0.717, 1.165) is 11.1 Å². The summed E-state index contributed by atoms with van der Waals surface area (Å²) in [4.78, 5) is -1.76. The van der Waals surface area contributed by atoms with Gasteiger partial charge in [0.15, 0.2) is 0 Å². The summed E-state index contributed by atoms with van der Waals surface area (Å²) in [5.74, 6) is 0. The molecule has 0 spiro atoms. The monoisotopic (exact) mass is 254 g/mol. The molecule has 0 aromatic rings. The van der Waals surface area contributed by atoms with Crippen molar-refractivity contribution >= 4 is 23.2 Å². The van der Waals surface area contributed by atoms with E-state index in [2.05, 4.69) is 0 Å². The summed E-state index contributed by atoms with van der Waals surface area (Å²) in [6.45, 7) is 0. The summed E-state index contributed by atoms with van der Waals surface area (Å²) in [5.41, 5.74) is 13.5. The third kappa shape index (κ3) is 2.66. The number of rotatable bonds is 0. The van der Waals surface area contributed by atoms with Crippen LogP contribution in [0.3, 0.4) is 0 Å². The van der Waals surface area contributed by atoms with Gasteiger partial charge in [0.1, 0.15) is 10.00 Å². The lowest BCUT2D eigenvalue weighted by Crippen LogP contribution is -2.29. The molecule has 0 atom stereocenters. The van der Waals surface area contributed by atoms with Crippen LogP contribution in [0.25, 0.3) is 0 Å². The number of halogens is 2. The minimum Gasteiger partial charge on any atom is -0.306 e. The first-order valence-corrected chi connectivity index (χ1v) is 5.60. The maximum Gasteiger partial charge on any atom is 0.129 e. The number of hydrogen-bond donors (Lipinski definition) is 2. The van der Waals surface area contributed by atoms with Gasteiger partial charge >= 0.3 is 0 Å². The van der Waals surface area contributed by atoms with Gasteiger partial charge in [0.2, 0.25) is 0 Å². The van der Waals surface area contributed by atoms with E-state index in [1.54, 1.807) is 24.3 Å². The van der Waals surface area contributed by atoms with Crippen LogP contribution in [-0.4, -0.2) is 10.00 Å². The molecule has 0 bridgehead atoms. The van der Waals surface area contributed by atoms with Gasteiger partial charge in [-0.25, -0.2) is 0 Å². The van der Waals surface area contributed by atoms with Gasteiger partial charge in [0.05, 0.1) is 0 Å². The average molecular weight is 255 g/mol. The minimum absolute atomic E-state index is 0.879. The highest BCUT2D eigenvalue weighted by atomic mass is 35.5. The van der Waals surface area contributed by atoms with Crippen molar-refractivity contribution < 1.29 is 0 Å². The second kappa shape index (κ2) is 3.90. The Hall–Kier alpha value is -0.800. The van der Waals surface area contributed by atoms with Crippen LogP contribution < -0.4 is 11.5 Å². The molecule has 0 aromatic heterocycles. The lowest BCUT2D eigenvalue weighted by Gasteiger charge is -2.20.